The van der Waals surface area contributed by atoms with Crippen molar-refractivity contribution in [2.45, 2.75) is 32.5 Å². The van der Waals surface area contributed by atoms with E-state index in [1.807, 2.05) is 48.9 Å². The normalized spacial score (nSPS) is 12.4. The fourth-order valence-electron chi connectivity index (χ4n) is 2.57. The number of nitrogens with one attached hydrogen (secondary N) is 1. The molecule has 0 saturated carbocycles. The number of rotatable bonds is 8. The van der Waals surface area contributed by atoms with Gasteiger partial charge in [-0.05, 0) is 37.6 Å². The maximum Gasteiger partial charge on any atom is 0.134 e. The number of aliphatic hydroxyl groups is 1. The minimum absolute atomic E-state index is 0.447. The van der Waals surface area contributed by atoms with Crippen LogP contribution in [0.15, 0.2) is 59.5 Å². The van der Waals surface area contributed by atoms with Crippen LogP contribution in [0.5, 0.6) is 0 Å². The van der Waals surface area contributed by atoms with Crippen molar-refractivity contribution >= 4 is 0 Å². The number of furan rings is 1. The topological polar surface area (TPSA) is 63.2 Å². The molecule has 1 atom stereocenters. The van der Waals surface area contributed by atoms with E-state index < -0.39 is 6.10 Å². The first-order valence-electron chi connectivity index (χ1n) is 8.26. The molecule has 3 aromatic rings. The lowest BCUT2D eigenvalue weighted by Crippen LogP contribution is -2.15. The summed E-state index contributed by atoms with van der Waals surface area (Å²) < 4.78 is 7.96. The molecule has 0 fully saturated rings. The number of hydrogen-bond donors (Lipinski definition) is 2. The Balaban J connectivity index is 1.46. The zero-order valence-electron chi connectivity index (χ0n) is 13.9. The van der Waals surface area contributed by atoms with E-state index in [4.69, 9.17) is 4.42 Å². The number of aromatic nitrogens is 2. The molecule has 3 rings (SSSR count). The van der Waals surface area contributed by atoms with Gasteiger partial charge in [0.05, 0.1) is 19.0 Å². The van der Waals surface area contributed by atoms with Crippen LogP contribution in [0, 0.1) is 0 Å². The summed E-state index contributed by atoms with van der Waals surface area (Å²) in [5, 5.41) is 12.9. The van der Waals surface area contributed by atoms with Crippen LogP contribution in [0.3, 0.4) is 0 Å². The predicted octanol–water partition coefficient (Wildman–Crippen LogP) is 3.38. The van der Waals surface area contributed by atoms with Crippen LogP contribution >= 0.6 is 0 Å². The predicted molar refractivity (Wildman–Crippen MR) is 93.3 cm³/mol. The first-order valence-corrected chi connectivity index (χ1v) is 8.26. The third-order valence-electron chi connectivity index (χ3n) is 3.97. The van der Waals surface area contributed by atoms with Gasteiger partial charge in [0, 0.05) is 24.5 Å². The fourth-order valence-corrected chi connectivity index (χ4v) is 2.57. The van der Waals surface area contributed by atoms with Gasteiger partial charge in [-0.1, -0.05) is 24.3 Å². The van der Waals surface area contributed by atoms with Gasteiger partial charge < -0.3 is 19.4 Å². The molecule has 2 N–H and O–H groups in total. The van der Waals surface area contributed by atoms with Gasteiger partial charge in [0.2, 0.25) is 0 Å². The van der Waals surface area contributed by atoms with Crippen molar-refractivity contribution in [3.8, 4) is 11.3 Å². The van der Waals surface area contributed by atoms with Crippen LogP contribution in [0.1, 0.15) is 30.8 Å². The smallest absolute Gasteiger partial charge is 0.134 e. The summed E-state index contributed by atoms with van der Waals surface area (Å²) in [6.07, 6.45) is 6.21. The number of hydrogen-bond acceptors (Lipinski definition) is 4. The molecule has 5 heteroatoms. The van der Waals surface area contributed by atoms with Gasteiger partial charge in [-0.15, -0.1) is 0 Å². The molecule has 0 saturated heterocycles. The molecule has 0 aliphatic heterocycles. The Morgan fingerprint density at radius 3 is 2.75 bits per heavy atom. The SMILES string of the molecule is C[C@H](O)c1ccc(-c2ccc(CNCCCn3ccnc3)o2)cc1. The molecule has 0 amide bonds. The summed E-state index contributed by atoms with van der Waals surface area (Å²) in [7, 11) is 0. The molecule has 0 spiro atoms. The van der Waals surface area contributed by atoms with E-state index in [2.05, 4.69) is 14.9 Å². The lowest BCUT2D eigenvalue weighted by molar-refractivity contribution is 0.199. The number of nitrogens with zero attached hydrogens (tertiary/aromatic N) is 2. The largest absolute Gasteiger partial charge is 0.460 e. The maximum atomic E-state index is 9.55. The Kier molecular flexibility index (Phi) is 5.46. The van der Waals surface area contributed by atoms with Crippen molar-refractivity contribution < 1.29 is 9.52 Å². The second-order valence-electron chi connectivity index (χ2n) is 5.89. The number of imidazole rings is 1. The third kappa shape index (κ3) is 4.34. The quantitative estimate of drug-likeness (QED) is 0.623. The van der Waals surface area contributed by atoms with Crippen molar-refractivity contribution in [3.63, 3.8) is 0 Å². The Morgan fingerprint density at radius 1 is 1.21 bits per heavy atom. The molecular formula is C19H23N3O2. The van der Waals surface area contributed by atoms with Crippen LogP contribution < -0.4 is 5.32 Å². The second kappa shape index (κ2) is 7.95. The summed E-state index contributed by atoms with van der Waals surface area (Å²) in [5.74, 6) is 1.77. The van der Waals surface area contributed by atoms with Gasteiger partial charge in [0.15, 0.2) is 0 Å². The van der Waals surface area contributed by atoms with Gasteiger partial charge in [-0.3, -0.25) is 0 Å². The van der Waals surface area contributed by atoms with E-state index in [9.17, 15) is 5.11 Å². The molecular weight excluding hydrogens is 302 g/mol. The Labute approximate surface area is 142 Å². The van der Waals surface area contributed by atoms with Crippen LogP contribution in [0.25, 0.3) is 11.3 Å². The van der Waals surface area contributed by atoms with Crippen LogP contribution in [-0.4, -0.2) is 21.2 Å². The molecule has 2 aromatic heterocycles. The average Bonchev–Trinajstić information content (AvgIpc) is 3.26. The van der Waals surface area contributed by atoms with Crippen molar-refractivity contribution in [1.82, 2.24) is 14.9 Å². The van der Waals surface area contributed by atoms with Crippen molar-refractivity contribution in [1.29, 1.82) is 0 Å². The van der Waals surface area contributed by atoms with Crippen LogP contribution in [0.4, 0.5) is 0 Å². The van der Waals surface area contributed by atoms with Crippen molar-refractivity contribution in [2.75, 3.05) is 6.54 Å². The highest BCUT2D eigenvalue weighted by Gasteiger charge is 2.06. The highest BCUT2D eigenvalue weighted by atomic mass is 16.3. The summed E-state index contributed by atoms with van der Waals surface area (Å²) in [5.41, 5.74) is 1.93. The minimum atomic E-state index is -0.447. The number of aryl methyl sites for hydroxylation is 1. The molecule has 0 bridgehead atoms. The highest BCUT2D eigenvalue weighted by Crippen LogP contribution is 2.24. The summed E-state index contributed by atoms with van der Waals surface area (Å²) >= 11 is 0. The van der Waals surface area contributed by atoms with Gasteiger partial charge >= 0.3 is 0 Å². The first kappa shape index (κ1) is 16.5. The molecule has 0 radical (unpaired) electrons. The minimum Gasteiger partial charge on any atom is -0.460 e. The van der Waals surface area contributed by atoms with E-state index in [0.717, 1.165) is 48.7 Å². The van der Waals surface area contributed by atoms with Gasteiger partial charge in [0.1, 0.15) is 11.5 Å². The Bertz CT molecular complexity index is 730. The monoisotopic (exact) mass is 325 g/mol. The zero-order chi connectivity index (χ0) is 16.8. The molecule has 2 heterocycles. The number of benzene rings is 1. The van der Waals surface area contributed by atoms with Gasteiger partial charge in [0.25, 0.3) is 0 Å². The van der Waals surface area contributed by atoms with E-state index in [1.165, 1.54) is 0 Å². The highest BCUT2D eigenvalue weighted by molar-refractivity contribution is 5.58. The molecule has 0 aliphatic rings. The van der Waals surface area contributed by atoms with E-state index in [0.29, 0.717) is 0 Å². The van der Waals surface area contributed by atoms with Crippen molar-refractivity contribution in [2.24, 2.45) is 0 Å². The summed E-state index contributed by atoms with van der Waals surface area (Å²) in [4.78, 5) is 4.03. The molecule has 1 aromatic carbocycles. The molecule has 24 heavy (non-hydrogen) atoms. The average molecular weight is 325 g/mol. The maximum absolute atomic E-state index is 9.55. The van der Waals surface area contributed by atoms with Gasteiger partial charge in [-0.25, -0.2) is 4.98 Å². The molecule has 0 unspecified atom stereocenters. The summed E-state index contributed by atoms with van der Waals surface area (Å²) in [6.45, 7) is 4.37. The molecule has 126 valence electrons. The van der Waals surface area contributed by atoms with E-state index in [-0.39, 0.29) is 0 Å². The zero-order valence-corrected chi connectivity index (χ0v) is 13.9. The molecule has 0 aliphatic carbocycles. The van der Waals surface area contributed by atoms with E-state index >= 15 is 0 Å². The van der Waals surface area contributed by atoms with Crippen LogP contribution in [0.2, 0.25) is 0 Å². The Hall–Kier alpha value is -2.37. The first-order chi connectivity index (χ1) is 11.7. The van der Waals surface area contributed by atoms with Crippen molar-refractivity contribution in [3.05, 3.63) is 66.4 Å². The lowest BCUT2D eigenvalue weighted by Gasteiger charge is -2.05. The Morgan fingerprint density at radius 2 is 2.04 bits per heavy atom. The molecule has 5 nitrogen and oxygen atoms in total. The number of aliphatic hydroxyl groups excluding tert-OH is 1. The lowest BCUT2D eigenvalue weighted by atomic mass is 10.1. The van der Waals surface area contributed by atoms with E-state index in [1.54, 1.807) is 13.1 Å². The fraction of sp³-hybridized carbons (Fsp3) is 0.316. The summed E-state index contributed by atoms with van der Waals surface area (Å²) in [6, 6.07) is 11.8. The van der Waals surface area contributed by atoms with Gasteiger partial charge in [-0.2, -0.15) is 0 Å². The second-order valence-corrected chi connectivity index (χ2v) is 5.89. The van der Waals surface area contributed by atoms with Crippen LogP contribution in [-0.2, 0) is 13.1 Å². The standard InChI is InChI=1S/C19H23N3O2/c1-15(23)16-3-5-17(6-4-16)19-8-7-18(24-19)13-20-9-2-11-22-12-10-21-14-22/h3-8,10,12,14-15,20,23H,2,9,11,13H2,1H3/t15-/m0/s1. The third-order valence-corrected chi connectivity index (χ3v) is 3.97.